The van der Waals surface area contributed by atoms with E-state index in [1.807, 2.05) is 37.3 Å². The molecule has 0 spiro atoms. The monoisotopic (exact) mass is 404 g/mol. The Labute approximate surface area is 173 Å². The first kappa shape index (κ1) is 19.8. The van der Waals surface area contributed by atoms with Crippen molar-refractivity contribution in [1.29, 1.82) is 0 Å². The van der Waals surface area contributed by atoms with Gasteiger partial charge in [0.05, 0.1) is 10.9 Å². The minimum absolute atomic E-state index is 0.103. The van der Waals surface area contributed by atoms with Gasteiger partial charge in [-0.3, -0.25) is 13.9 Å². The molecule has 0 aliphatic rings. The largest absolute Gasteiger partial charge is 0.337 e. The third-order valence-electron chi connectivity index (χ3n) is 5.25. The first-order chi connectivity index (χ1) is 14.6. The summed E-state index contributed by atoms with van der Waals surface area (Å²) in [6, 6.07) is 15.1. The Balaban J connectivity index is 1.74. The summed E-state index contributed by atoms with van der Waals surface area (Å²) < 4.78 is 8.26. The van der Waals surface area contributed by atoms with Crippen molar-refractivity contribution in [2.75, 3.05) is 0 Å². The van der Waals surface area contributed by atoms with Crippen molar-refractivity contribution in [3.8, 4) is 11.4 Å². The van der Waals surface area contributed by atoms with E-state index in [2.05, 4.69) is 17.1 Å². The molecule has 0 fully saturated rings. The Hall–Kier alpha value is -3.48. The maximum absolute atomic E-state index is 13.1. The Morgan fingerprint density at radius 1 is 0.967 bits per heavy atom. The molecule has 154 valence electrons. The Morgan fingerprint density at radius 2 is 1.73 bits per heavy atom. The van der Waals surface area contributed by atoms with E-state index in [-0.39, 0.29) is 17.8 Å². The van der Waals surface area contributed by atoms with Crippen LogP contribution in [-0.2, 0) is 19.5 Å². The smallest absolute Gasteiger partial charge is 0.331 e. The zero-order valence-corrected chi connectivity index (χ0v) is 17.2. The molecule has 4 aromatic rings. The molecular formula is C23H24N4O3. The Bertz CT molecular complexity index is 1280. The van der Waals surface area contributed by atoms with E-state index < -0.39 is 0 Å². The van der Waals surface area contributed by atoms with Crippen molar-refractivity contribution in [2.45, 2.75) is 46.2 Å². The molecule has 0 saturated carbocycles. The van der Waals surface area contributed by atoms with Crippen molar-refractivity contribution in [1.82, 2.24) is 19.3 Å². The van der Waals surface area contributed by atoms with Gasteiger partial charge in [0, 0.05) is 12.1 Å². The fourth-order valence-corrected chi connectivity index (χ4v) is 3.50. The van der Waals surface area contributed by atoms with Gasteiger partial charge in [-0.15, -0.1) is 0 Å². The normalized spacial score (nSPS) is 11.3. The second kappa shape index (κ2) is 8.49. The molecule has 2 heterocycles. The number of unbranched alkanes of at least 4 members (excludes halogenated alkanes) is 1. The fraction of sp³-hybridized carbons (Fsp3) is 0.304. The summed E-state index contributed by atoms with van der Waals surface area (Å²) in [6.45, 7) is 4.62. The molecule has 0 bridgehead atoms. The molecule has 4 rings (SSSR count). The number of benzene rings is 2. The number of nitrogens with zero attached hydrogens (tertiary/aromatic N) is 4. The first-order valence-corrected chi connectivity index (χ1v) is 10.3. The van der Waals surface area contributed by atoms with Gasteiger partial charge in [-0.1, -0.05) is 61.8 Å². The van der Waals surface area contributed by atoms with Crippen LogP contribution in [0.15, 0.2) is 62.6 Å². The molecule has 0 N–H and O–H groups in total. The van der Waals surface area contributed by atoms with E-state index in [0.29, 0.717) is 29.2 Å². The lowest BCUT2D eigenvalue weighted by Gasteiger charge is -2.12. The van der Waals surface area contributed by atoms with Gasteiger partial charge >= 0.3 is 5.69 Å². The molecular weight excluding hydrogens is 380 g/mol. The molecule has 0 aliphatic heterocycles. The van der Waals surface area contributed by atoms with Crippen LogP contribution in [0.25, 0.3) is 22.3 Å². The summed E-state index contributed by atoms with van der Waals surface area (Å²) >= 11 is 0. The number of hydrogen-bond donors (Lipinski definition) is 0. The zero-order valence-electron chi connectivity index (χ0n) is 17.2. The highest BCUT2D eigenvalue weighted by Crippen LogP contribution is 2.18. The maximum Gasteiger partial charge on any atom is 0.331 e. The standard InChI is InChI=1S/C23H24N4O3/c1-3-5-14-26-22(28)18-8-6-7-9-19(18)27(23(26)29)15-20-24-21(25-30-20)17-12-10-16(4-2)11-13-17/h6-13H,3-5,14-15H2,1-2H3. The number of fused-ring (bicyclic) bond motifs is 1. The molecule has 0 radical (unpaired) electrons. The van der Waals surface area contributed by atoms with Gasteiger partial charge in [-0.05, 0) is 30.5 Å². The number of para-hydroxylation sites is 1. The quantitative estimate of drug-likeness (QED) is 0.470. The van der Waals surface area contributed by atoms with Crippen LogP contribution >= 0.6 is 0 Å². The highest BCUT2D eigenvalue weighted by molar-refractivity contribution is 5.77. The number of rotatable bonds is 7. The predicted molar refractivity (Wildman–Crippen MR) is 116 cm³/mol. The lowest BCUT2D eigenvalue weighted by molar-refractivity contribution is 0.369. The molecule has 0 atom stereocenters. The molecule has 0 aliphatic carbocycles. The lowest BCUT2D eigenvalue weighted by atomic mass is 10.1. The van der Waals surface area contributed by atoms with E-state index in [9.17, 15) is 9.59 Å². The van der Waals surface area contributed by atoms with Gasteiger partial charge in [-0.2, -0.15) is 4.98 Å². The van der Waals surface area contributed by atoms with Gasteiger partial charge in [0.2, 0.25) is 11.7 Å². The summed E-state index contributed by atoms with van der Waals surface area (Å²) in [5.74, 6) is 0.793. The van der Waals surface area contributed by atoms with Crippen molar-refractivity contribution >= 4 is 10.9 Å². The first-order valence-electron chi connectivity index (χ1n) is 10.3. The van der Waals surface area contributed by atoms with Gasteiger partial charge in [-0.25, -0.2) is 4.79 Å². The van der Waals surface area contributed by atoms with E-state index >= 15 is 0 Å². The van der Waals surface area contributed by atoms with Crippen LogP contribution in [0.4, 0.5) is 0 Å². The number of aryl methyl sites for hydroxylation is 1. The topological polar surface area (TPSA) is 82.9 Å². The minimum Gasteiger partial charge on any atom is -0.337 e. The minimum atomic E-state index is -0.362. The molecule has 0 unspecified atom stereocenters. The van der Waals surface area contributed by atoms with Crippen LogP contribution in [0.2, 0.25) is 0 Å². The average Bonchev–Trinajstić information content (AvgIpc) is 3.25. The van der Waals surface area contributed by atoms with E-state index in [1.54, 1.807) is 18.2 Å². The Kier molecular flexibility index (Phi) is 5.61. The van der Waals surface area contributed by atoms with Crippen molar-refractivity contribution in [3.63, 3.8) is 0 Å². The van der Waals surface area contributed by atoms with E-state index in [0.717, 1.165) is 24.8 Å². The summed E-state index contributed by atoms with van der Waals surface area (Å²) in [5.41, 5.74) is 2.02. The van der Waals surface area contributed by atoms with Crippen LogP contribution in [0, 0.1) is 0 Å². The van der Waals surface area contributed by atoms with E-state index in [4.69, 9.17) is 4.52 Å². The van der Waals surface area contributed by atoms with Gasteiger partial charge in [0.25, 0.3) is 5.56 Å². The van der Waals surface area contributed by atoms with Crippen molar-refractivity contribution in [2.24, 2.45) is 0 Å². The van der Waals surface area contributed by atoms with E-state index in [1.165, 1.54) is 14.7 Å². The van der Waals surface area contributed by atoms with Crippen LogP contribution in [0.1, 0.15) is 38.1 Å². The molecule has 30 heavy (non-hydrogen) atoms. The number of aromatic nitrogens is 4. The molecule has 7 nitrogen and oxygen atoms in total. The summed E-state index contributed by atoms with van der Waals surface area (Å²) in [4.78, 5) is 30.4. The summed E-state index contributed by atoms with van der Waals surface area (Å²) in [5, 5.41) is 4.57. The van der Waals surface area contributed by atoms with Crippen LogP contribution < -0.4 is 11.2 Å². The highest BCUT2D eigenvalue weighted by atomic mass is 16.5. The molecule has 0 amide bonds. The predicted octanol–water partition coefficient (Wildman–Crippen LogP) is 3.62. The molecule has 0 saturated heterocycles. The second-order valence-electron chi connectivity index (χ2n) is 7.26. The highest BCUT2D eigenvalue weighted by Gasteiger charge is 2.16. The van der Waals surface area contributed by atoms with Gasteiger partial charge < -0.3 is 4.52 Å². The Morgan fingerprint density at radius 3 is 2.47 bits per heavy atom. The summed E-state index contributed by atoms with van der Waals surface area (Å²) in [6.07, 6.45) is 2.61. The third-order valence-corrected chi connectivity index (χ3v) is 5.25. The SMILES string of the molecule is CCCCn1c(=O)c2ccccc2n(Cc2nc(-c3ccc(CC)cc3)no2)c1=O. The van der Waals surface area contributed by atoms with Gasteiger partial charge in [0.1, 0.15) is 6.54 Å². The molecule has 2 aromatic heterocycles. The fourth-order valence-electron chi connectivity index (χ4n) is 3.50. The molecule has 2 aromatic carbocycles. The average molecular weight is 404 g/mol. The van der Waals surface area contributed by atoms with Crippen LogP contribution in [0.5, 0.6) is 0 Å². The van der Waals surface area contributed by atoms with Crippen molar-refractivity contribution in [3.05, 3.63) is 80.8 Å². The lowest BCUT2D eigenvalue weighted by Crippen LogP contribution is -2.40. The van der Waals surface area contributed by atoms with Gasteiger partial charge in [0.15, 0.2) is 0 Å². The van der Waals surface area contributed by atoms with Crippen molar-refractivity contribution < 1.29 is 4.52 Å². The third kappa shape index (κ3) is 3.70. The number of hydrogen-bond acceptors (Lipinski definition) is 5. The van der Waals surface area contributed by atoms with Crippen LogP contribution in [-0.4, -0.2) is 19.3 Å². The second-order valence-corrected chi connectivity index (χ2v) is 7.26. The summed E-state index contributed by atoms with van der Waals surface area (Å²) in [7, 11) is 0. The zero-order chi connectivity index (χ0) is 21.1. The van der Waals surface area contributed by atoms with Crippen LogP contribution in [0.3, 0.4) is 0 Å². The molecule has 7 heteroatoms. The maximum atomic E-state index is 13.1.